The molecule has 0 bridgehead atoms. The molecule has 0 saturated heterocycles. The van der Waals surface area contributed by atoms with E-state index >= 15 is 0 Å². The molecular weight excluding hydrogens is 751 g/mol. The summed E-state index contributed by atoms with van der Waals surface area (Å²) >= 11 is 0. The Labute approximate surface area is 337 Å². The standard InChI is InChI=1S/C38H59N13O7/c1-22(2)18-29(51-35(56)30(19-23-10-4-3-5-11-23)50-32(53)26(40)20-24-12-6-7-13-25(24)39)33(54)47-21-31(52)48-27(14-8-16-45-37(41)42)34(55)49-28(36(57)58)15-9-17-46-38(43)44/h3-7,10-13,22,26-30H,8-9,14-21,39-40H2,1-2H3,(H,47,54)(H,48,52)(H,49,55)(H,50,53)(H,51,56)(H,57,58)(H4,41,42,45)(H4,43,44,46)/t26-,27-,28-,29-,30-/m0/s1. The zero-order valence-electron chi connectivity index (χ0n) is 32.9. The SMILES string of the molecule is CC(C)C[C@H](NC(=O)[C@H](Cc1ccccc1)NC(=O)[C@@H](N)Cc1ccccc1N)C(=O)NCC(=O)N[C@@H](CCCNC(=N)N)C(=O)N[C@@H](CCCNC(=N)N)C(=O)O. The van der Waals surface area contributed by atoms with E-state index in [1.54, 1.807) is 48.5 Å². The third-order valence-electron chi connectivity index (χ3n) is 8.75. The van der Waals surface area contributed by atoms with Crippen molar-refractivity contribution in [2.24, 2.45) is 23.1 Å². The predicted octanol–water partition coefficient (Wildman–Crippen LogP) is -1.91. The molecule has 318 valence electrons. The first-order valence-electron chi connectivity index (χ1n) is 19.0. The van der Waals surface area contributed by atoms with Gasteiger partial charge in [0.2, 0.25) is 29.5 Å². The van der Waals surface area contributed by atoms with Gasteiger partial charge < -0.3 is 65.3 Å². The number of rotatable bonds is 25. The molecule has 20 nitrogen and oxygen atoms in total. The van der Waals surface area contributed by atoms with Crippen molar-refractivity contribution >= 4 is 53.1 Å². The lowest BCUT2D eigenvalue weighted by atomic mass is 10.00. The molecular formula is C38H59N13O7. The smallest absolute Gasteiger partial charge is 0.326 e. The van der Waals surface area contributed by atoms with Crippen LogP contribution in [0.15, 0.2) is 54.6 Å². The van der Waals surface area contributed by atoms with Crippen LogP contribution in [0.4, 0.5) is 5.69 Å². The number of carboxylic acids is 1. The van der Waals surface area contributed by atoms with Crippen LogP contribution in [0.25, 0.3) is 0 Å². The molecule has 0 aromatic heterocycles. The number of amides is 5. The van der Waals surface area contributed by atoms with E-state index < -0.39 is 72.3 Å². The van der Waals surface area contributed by atoms with Crippen molar-refractivity contribution in [1.29, 1.82) is 10.8 Å². The van der Waals surface area contributed by atoms with E-state index in [0.717, 1.165) is 5.56 Å². The molecule has 20 heteroatoms. The van der Waals surface area contributed by atoms with E-state index in [4.69, 9.17) is 33.8 Å². The zero-order chi connectivity index (χ0) is 43.2. The molecule has 0 radical (unpaired) electrons. The summed E-state index contributed by atoms with van der Waals surface area (Å²) in [6.07, 6.45) is 0.902. The summed E-state index contributed by atoms with van der Waals surface area (Å²) in [5.41, 5.74) is 24.7. The van der Waals surface area contributed by atoms with E-state index in [-0.39, 0.29) is 75.9 Å². The summed E-state index contributed by atoms with van der Waals surface area (Å²) in [4.78, 5) is 78.9. The topological polar surface area (TPSA) is 359 Å². The monoisotopic (exact) mass is 809 g/mol. The molecule has 2 rings (SSSR count). The lowest BCUT2D eigenvalue weighted by molar-refractivity contribution is -0.142. The lowest BCUT2D eigenvalue weighted by Gasteiger charge is -2.25. The lowest BCUT2D eigenvalue weighted by Crippen LogP contribution is -2.57. The van der Waals surface area contributed by atoms with Crippen LogP contribution in [-0.4, -0.2) is 102 Å². The van der Waals surface area contributed by atoms with Crippen LogP contribution in [0.1, 0.15) is 57.1 Å². The number of hydrogen-bond acceptors (Lipinski definition) is 10. The highest BCUT2D eigenvalue weighted by Gasteiger charge is 2.30. The fourth-order valence-corrected chi connectivity index (χ4v) is 5.76. The molecule has 0 fully saturated rings. The van der Waals surface area contributed by atoms with Crippen LogP contribution >= 0.6 is 0 Å². The number of benzene rings is 2. The Bertz CT molecular complexity index is 1710. The van der Waals surface area contributed by atoms with Crippen LogP contribution in [0.3, 0.4) is 0 Å². The Balaban J connectivity index is 2.15. The molecule has 0 saturated carbocycles. The molecule has 0 aliphatic carbocycles. The molecule has 0 unspecified atom stereocenters. The number of hydrogen-bond donors (Lipinski definition) is 14. The zero-order valence-corrected chi connectivity index (χ0v) is 32.9. The van der Waals surface area contributed by atoms with Gasteiger partial charge in [-0.1, -0.05) is 62.4 Å². The minimum absolute atomic E-state index is 0.00156. The van der Waals surface area contributed by atoms with Crippen molar-refractivity contribution in [1.82, 2.24) is 37.2 Å². The van der Waals surface area contributed by atoms with Crippen molar-refractivity contribution in [2.45, 2.75) is 89.0 Å². The molecule has 0 heterocycles. The molecule has 2 aromatic carbocycles. The number of anilines is 1. The molecule has 0 aliphatic rings. The van der Waals surface area contributed by atoms with E-state index in [1.807, 2.05) is 19.9 Å². The van der Waals surface area contributed by atoms with Gasteiger partial charge >= 0.3 is 5.97 Å². The highest BCUT2D eigenvalue weighted by Crippen LogP contribution is 2.13. The van der Waals surface area contributed by atoms with Gasteiger partial charge in [-0.05, 0) is 61.6 Å². The number of carbonyl (C=O) groups is 6. The minimum atomic E-state index is -1.31. The van der Waals surface area contributed by atoms with Gasteiger partial charge in [0.05, 0.1) is 12.6 Å². The van der Waals surface area contributed by atoms with Gasteiger partial charge in [0, 0.05) is 25.2 Å². The third kappa shape index (κ3) is 18.5. The predicted molar refractivity (Wildman–Crippen MR) is 219 cm³/mol. The van der Waals surface area contributed by atoms with Gasteiger partial charge in [0.15, 0.2) is 11.9 Å². The summed E-state index contributed by atoms with van der Waals surface area (Å²) in [6.45, 7) is 3.46. The fourth-order valence-electron chi connectivity index (χ4n) is 5.76. The summed E-state index contributed by atoms with van der Waals surface area (Å²) in [5.74, 6) is -5.51. The van der Waals surface area contributed by atoms with Gasteiger partial charge in [-0.3, -0.25) is 34.8 Å². The number of nitrogen functional groups attached to an aromatic ring is 1. The number of nitrogens with one attached hydrogen (secondary N) is 9. The van der Waals surface area contributed by atoms with Crippen LogP contribution < -0.4 is 60.2 Å². The second-order valence-corrected chi connectivity index (χ2v) is 14.2. The van der Waals surface area contributed by atoms with Gasteiger partial charge in [-0.25, -0.2) is 4.79 Å². The molecule has 0 aliphatic heterocycles. The van der Waals surface area contributed by atoms with E-state index in [1.165, 1.54) is 0 Å². The van der Waals surface area contributed by atoms with E-state index in [2.05, 4.69) is 37.2 Å². The Morgan fingerprint density at radius 2 is 1.19 bits per heavy atom. The average Bonchev–Trinajstić information content (AvgIpc) is 3.16. The highest BCUT2D eigenvalue weighted by molar-refractivity contribution is 5.95. The average molecular weight is 810 g/mol. The van der Waals surface area contributed by atoms with Crippen molar-refractivity contribution < 1.29 is 33.9 Å². The first-order valence-corrected chi connectivity index (χ1v) is 19.0. The maximum atomic E-state index is 13.8. The highest BCUT2D eigenvalue weighted by atomic mass is 16.4. The first kappa shape index (κ1) is 47.7. The minimum Gasteiger partial charge on any atom is -0.480 e. The van der Waals surface area contributed by atoms with Crippen LogP contribution in [0.2, 0.25) is 0 Å². The molecule has 5 amide bonds. The first-order chi connectivity index (χ1) is 27.5. The number of carboxylic acid groups (broad SMARTS) is 1. The van der Waals surface area contributed by atoms with Gasteiger partial charge in [0.25, 0.3) is 0 Å². The van der Waals surface area contributed by atoms with Crippen molar-refractivity contribution in [2.75, 3.05) is 25.4 Å². The van der Waals surface area contributed by atoms with Crippen LogP contribution in [-0.2, 0) is 41.6 Å². The van der Waals surface area contributed by atoms with Gasteiger partial charge in [-0.15, -0.1) is 0 Å². The van der Waals surface area contributed by atoms with E-state index in [0.29, 0.717) is 11.3 Å². The van der Waals surface area contributed by atoms with Crippen LogP contribution in [0.5, 0.6) is 0 Å². The summed E-state index contributed by atoms with van der Waals surface area (Å²) in [7, 11) is 0. The molecule has 2 aromatic rings. The molecule has 5 atom stereocenters. The number of aliphatic carboxylic acids is 1. The number of para-hydroxylation sites is 1. The summed E-state index contributed by atoms with van der Waals surface area (Å²) < 4.78 is 0. The quantitative estimate of drug-likeness (QED) is 0.0226. The Morgan fingerprint density at radius 1 is 0.655 bits per heavy atom. The van der Waals surface area contributed by atoms with Crippen molar-refractivity contribution in [3.8, 4) is 0 Å². The maximum absolute atomic E-state index is 13.8. The number of carbonyl (C=O) groups excluding carboxylic acids is 5. The number of guanidine groups is 2. The van der Waals surface area contributed by atoms with E-state index in [9.17, 15) is 33.9 Å². The van der Waals surface area contributed by atoms with Crippen molar-refractivity contribution in [3.63, 3.8) is 0 Å². The summed E-state index contributed by atoms with van der Waals surface area (Å²) in [6, 6.07) is 10.1. The Hall–Kier alpha value is -6.44. The summed E-state index contributed by atoms with van der Waals surface area (Å²) in [5, 5.41) is 42.3. The van der Waals surface area contributed by atoms with Crippen molar-refractivity contribution in [3.05, 3.63) is 65.7 Å². The maximum Gasteiger partial charge on any atom is 0.326 e. The normalized spacial score (nSPS) is 13.4. The largest absolute Gasteiger partial charge is 0.480 e. The molecule has 18 N–H and O–H groups in total. The second kappa shape index (κ2) is 24.9. The molecule has 58 heavy (non-hydrogen) atoms. The fraction of sp³-hybridized carbons (Fsp3) is 0.474. The van der Waals surface area contributed by atoms with Gasteiger partial charge in [0.1, 0.15) is 24.2 Å². The second-order valence-electron chi connectivity index (χ2n) is 14.2. The molecule has 0 spiro atoms. The third-order valence-corrected chi connectivity index (χ3v) is 8.75. The Morgan fingerprint density at radius 3 is 1.76 bits per heavy atom. The number of nitrogens with two attached hydrogens (primary N) is 4. The van der Waals surface area contributed by atoms with Gasteiger partial charge in [-0.2, -0.15) is 0 Å². The van der Waals surface area contributed by atoms with Crippen LogP contribution in [0, 0.1) is 16.7 Å². The Kier molecular flexibility index (Phi) is 20.5.